The van der Waals surface area contributed by atoms with Crippen molar-refractivity contribution in [1.29, 1.82) is 0 Å². The Kier molecular flexibility index (Phi) is 5.79. The van der Waals surface area contributed by atoms with Gasteiger partial charge in [0, 0.05) is 28.4 Å². The fourth-order valence-corrected chi connectivity index (χ4v) is 3.58. The van der Waals surface area contributed by atoms with E-state index in [0.717, 1.165) is 5.56 Å². The Hall–Kier alpha value is -3.91. The Morgan fingerprint density at radius 3 is 2.56 bits per heavy atom. The Morgan fingerprint density at radius 1 is 1.16 bits per heavy atom. The van der Waals surface area contributed by atoms with Crippen LogP contribution in [-0.4, -0.2) is 22.8 Å². The number of halogens is 1. The molecule has 3 aromatic carbocycles. The first-order valence-corrected chi connectivity index (χ1v) is 10.1. The number of carbonyl (C=O) groups excluding carboxylic acids is 2. The minimum atomic E-state index is -0.662. The van der Waals surface area contributed by atoms with Gasteiger partial charge in [-0.25, -0.2) is 0 Å². The first-order valence-electron chi connectivity index (χ1n) is 9.75. The molecule has 0 saturated carbocycles. The number of nitro groups is 1. The van der Waals surface area contributed by atoms with Crippen LogP contribution in [0, 0.1) is 10.1 Å². The highest BCUT2D eigenvalue weighted by atomic mass is 35.5. The van der Waals surface area contributed by atoms with Gasteiger partial charge in [-0.2, -0.15) is 0 Å². The second-order valence-corrected chi connectivity index (χ2v) is 7.62. The van der Waals surface area contributed by atoms with Crippen LogP contribution in [0.5, 0.6) is 5.75 Å². The van der Waals surface area contributed by atoms with Gasteiger partial charge in [0.05, 0.1) is 17.2 Å². The lowest BCUT2D eigenvalue weighted by Gasteiger charge is -2.33. The van der Waals surface area contributed by atoms with E-state index in [2.05, 4.69) is 5.32 Å². The summed E-state index contributed by atoms with van der Waals surface area (Å²) in [5.74, 6) is -0.150. The molecule has 32 heavy (non-hydrogen) atoms. The van der Waals surface area contributed by atoms with E-state index < -0.39 is 16.9 Å². The summed E-state index contributed by atoms with van der Waals surface area (Å²) in [6.45, 7) is 1.92. The SMILES string of the molecule is CC1Oc2ccc(NC(=O)c3ccc([N+](=O)[O-])cc3)cc2N(Cc2ccccc2Cl)C1=O. The van der Waals surface area contributed by atoms with Crippen molar-refractivity contribution in [3.63, 3.8) is 0 Å². The predicted molar refractivity (Wildman–Crippen MR) is 120 cm³/mol. The van der Waals surface area contributed by atoms with E-state index >= 15 is 0 Å². The van der Waals surface area contributed by atoms with Gasteiger partial charge < -0.3 is 15.0 Å². The van der Waals surface area contributed by atoms with Gasteiger partial charge in [0.25, 0.3) is 17.5 Å². The van der Waals surface area contributed by atoms with Crippen LogP contribution in [0.2, 0.25) is 5.02 Å². The number of nitro benzene ring substituents is 1. The normalized spacial score (nSPS) is 15.0. The minimum Gasteiger partial charge on any atom is -0.479 e. The topological polar surface area (TPSA) is 102 Å². The first kappa shape index (κ1) is 21.3. The highest BCUT2D eigenvalue weighted by Crippen LogP contribution is 2.38. The third-order valence-electron chi connectivity index (χ3n) is 5.05. The van der Waals surface area contributed by atoms with Crippen molar-refractivity contribution in [2.45, 2.75) is 19.6 Å². The molecule has 0 aliphatic carbocycles. The molecule has 162 valence electrons. The molecular weight excluding hydrogens is 434 g/mol. The van der Waals surface area contributed by atoms with E-state index in [4.69, 9.17) is 16.3 Å². The maximum absolute atomic E-state index is 12.9. The molecule has 4 rings (SSSR count). The zero-order valence-electron chi connectivity index (χ0n) is 16.9. The van der Waals surface area contributed by atoms with Crippen LogP contribution in [0.1, 0.15) is 22.8 Å². The maximum atomic E-state index is 12.9. The molecule has 0 bridgehead atoms. The average molecular weight is 452 g/mol. The van der Waals surface area contributed by atoms with Crippen LogP contribution in [0.3, 0.4) is 0 Å². The lowest BCUT2D eigenvalue weighted by atomic mass is 10.1. The third-order valence-corrected chi connectivity index (χ3v) is 5.42. The number of hydrogen-bond acceptors (Lipinski definition) is 5. The standard InChI is InChI=1S/C23H18ClN3O5/c1-14-23(29)26(13-16-4-2-3-5-19(16)24)20-12-17(8-11-21(20)32-14)25-22(28)15-6-9-18(10-7-15)27(30)31/h2-12,14H,13H2,1H3,(H,25,28). The molecule has 1 unspecified atom stereocenters. The number of fused-ring (bicyclic) bond motifs is 1. The average Bonchev–Trinajstić information content (AvgIpc) is 2.78. The Labute approximate surface area is 188 Å². The summed E-state index contributed by atoms with van der Waals surface area (Å²) in [6, 6.07) is 17.5. The molecular formula is C23H18ClN3O5. The quantitative estimate of drug-likeness (QED) is 0.443. The van der Waals surface area contributed by atoms with Gasteiger partial charge in [-0.1, -0.05) is 29.8 Å². The smallest absolute Gasteiger partial charge is 0.269 e. The highest BCUT2D eigenvalue weighted by Gasteiger charge is 2.32. The van der Waals surface area contributed by atoms with Crippen molar-refractivity contribution in [2.75, 3.05) is 10.2 Å². The van der Waals surface area contributed by atoms with Crippen LogP contribution in [0.15, 0.2) is 66.7 Å². The van der Waals surface area contributed by atoms with Gasteiger partial charge >= 0.3 is 0 Å². The van der Waals surface area contributed by atoms with Crippen molar-refractivity contribution >= 4 is 40.5 Å². The molecule has 1 N–H and O–H groups in total. The molecule has 0 aromatic heterocycles. The number of nitrogens with zero attached hydrogens (tertiary/aromatic N) is 2. The molecule has 0 saturated heterocycles. The van der Waals surface area contributed by atoms with E-state index in [1.165, 1.54) is 24.3 Å². The van der Waals surface area contributed by atoms with Gasteiger partial charge in [0.2, 0.25) is 0 Å². The number of amides is 2. The lowest BCUT2D eigenvalue weighted by Crippen LogP contribution is -2.44. The van der Waals surface area contributed by atoms with Crippen LogP contribution >= 0.6 is 11.6 Å². The Balaban J connectivity index is 1.61. The number of anilines is 2. The summed E-state index contributed by atoms with van der Waals surface area (Å²) < 4.78 is 5.72. The number of hydrogen-bond donors (Lipinski definition) is 1. The van der Waals surface area contributed by atoms with Gasteiger partial charge in [0.1, 0.15) is 5.75 Å². The molecule has 3 aromatic rings. The van der Waals surface area contributed by atoms with Crippen molar-refractivity contribution in [3.8, 4) is 5.75 Å². The van der Waals surface area contributed by atoms with Crippen molar-refractivity contribution < 1.29 is 19.2 Å². The van der Waals surface area contributed by atoms with Gasteiger partial charge in [-0.15, -0.1) is 0 Å². The van der Waals surface area contributed by atoms with Crippen LogP contribution in [-0.2, 0) is 11.3 Å². The molecule has 0 fully saturated rings. The summed E-state index contributed by atoms with van der Waals surface area (Å²) in [5, 5.41) is 14.1. The van der Waals surface area contributed by atoms with Gasteiger partial charge in [-0.05, 0) is 48.9 Å². The molecule has 0 radical (unpaired) electrons. The van der Waals surface area contributed by atoms with Crippen LogP contribution in [0.25, 0.3) is 0 Å². The van der Waals surface area contributed by atoms with E-state index in [1.807, 2.05) is 18.2 Å². The van der Waals surface area contributed by atoms with E-state index in [0.29, 0.717) is 22.1 Å². The summed E-state index contributed by atoms with van der Waals surface area (Å²) in [4.78, 5) is 37.3. The predicted octanol–water partition coefficient (Wildman–Crippen LogP) is 4.81. The lowest BCUT2D eigenvalue weighted by molar-refractivity contribution is -0.384. The number of rotatable bonds is 5. The monoisotopic (exact) mass is 451 g/mol. The van der Waals surface area contributed by atoms with Crippen LogP contribution in [0.4, 0.5) is 17.1 Å². The van der Waals surface area contributed by atoms with Crippen molar-refractivity contribution in [3.05, 3.63) is 93.0 Å². The van der Waals surface area contributed by atoms with Crippen LogP contribution < -0.4 is 15.0 Å². The molecule has 8 nitrogen and oxygen atoms in total. The fraction of sp³-hybridized carbons (Fsp3) is 0.130. The summed E-state index contributed by atoms with van der Waals surface area (Å²) in [5.41, 5.74) is 1.90. The molecule has 1 heterocycles. The maximum Gasteiger partial charge on any atom is 0.269 e. The van der Waals surface area contributed by atoms with E-state index in [-0.39, 0.29) is 23.7 Å². The molecule has 2 amide bonds. The summed E-state index contributed by atoms with van der Waals surface area (Å²) in [7, 11) is 0. The van der Waals surface area contributed by atoms with E-state index in [1.54, 1.807) is 36.1 Å². The molecule has 9 heteroatoms. The number of carbonyl (C=O) groups is 2. The third kappa shape index (κ3) is 4.26. The fourth-order valence-electron chi connectivity index (χ4n) is 3.38. The second kappa shape index (κ2) is 8.68. The Bertz CT molecular complexity index is 1210. The van der Waals surface area contributed by atoms with Gasteiger partial charge in [-0.3, -0.25) is 19.7 Å². The summed E-state index contributed by atoms with van der Waals surface area (Å²) in [6.07, 6.45) is -0.662. The number of non-ortho nitro benzene ring substituents is 1. The zero-order chi connectivity index (χ0) is 22.8. The molecule has 1 atom stereocenters. The number of nitrogens with one attached hydrogen (secondary N) is 1. The molecule has 1 aliphatic rings. The number of benzene rings is 3. The van der Waals surface area contributed by atoms with Crippen molar-refractivity contribution in [2.24, 2.45) is 0 Å². The first-order chi connectivity index (χ1) is 15.3. The minimum absolute atomic E-state index is 0.102. The summed E-state index contributed by atoms with van der Waals surface area (Å²) >= 11 is 6.28. The van der Waals surface area contributed by atoms with Crippen molar-refractivity contribution in [1.82, 2.24) is 0 Å². The van der Waals surface area contributed by atoms with E-state index in [9.17, 15) is 19.7 Å². The zero-order valence-corrected chi connectivity index (χ0v) is 17.7. The highest BCUT2D eigenvalue weighted by molar-refractivity contribution is 6.31. The largest absolute Gasteiger partial charge is 0.479 e. The van der Waals surface area contributed by atoms with Gasteiger partial charge in [0.15, 0.2) is 6.10 Å². The second-order valence-electron chi connectivity index (χ2n) is 7.22. The number of ether oxygens (including phenoxy) is 1. The molecule has 1 aliphatic heterocycles. The molecule has 0 spiro atoms. The Morgan fingerprint density at radius 2 is 1.88 bits per heavy atom.